The van der Waals surface area contributed by atoms with E-state index < -0.39 is 0 Å². The van der Waals surface area contributed by atoms with Crippen LogP contribution in [0.3, 0.4) is 0 Å². The van der Waals surface area contributed by atoms with Gasteiger partial charge in [0.05, 0.1) is 5.92 Å². The Morgan fingerprint density at radius 2 is 1.88 bits per heavy atom. The number of hydrogen-bond acceptors (Lipinski definition) is 3. The van der Waals surface area contributed by atoms with Gasteiger partial charge >= 0.3 is 0 Å². The van der Waals surface area contributed by atoms with Crippen LogP contribution in [0.1, 0.15) is 32.1 Å². The molecule has 0 bridgehead atoms. The fraction of sp³-hybridized carbons (Fsp3) is 0.923. The van der Waals surface area contributed by atoms with Crippen LogP contribution in [0.25, 0.3) is 0 Å². The molecule has 1 amide bonds. The zero-order valence-corrected chi connectivity index (χ0v) is 10.5. The average Bonchev–Trinajstić information content (AvgIpc) is 3.05. The summed E-state index contributed by atoms with van der Waals surface area (Å²) in [4.78, 5) is 14.6. The van der Waals surface area contributed by atoms with Crippen LogP contribution in [0, 0.1) is 5.92 Å². The Kier molecular flexibility index (Phi) is 3.34. The van der Waals surface area contributed by atoms with Crippen molar-refractivity contribution < 1.29 is 4.79 Å². The van der Waals surface area contributed by atoms with Crippen molar-refractivity contribution in [3.8, 4) is 0 Å². The standard InChI is InChI=1S/C13H23N3O/c17-13(10-3-6-14-9-10)15-11-4-7-16(8-5-11)12-1-2-12/h10-12,14H,1-9H2,(H,15,17). The molecular formula is C13H23N3O. The van der Waals surface area contributed by atoms with E-state index in [1.165, 1.54) is 25.9 Å². The highest BCUT2D eigenvalue weighted by Gasteiger charge is 2.32. The lowest BCUT2D eigenvalue weighted by molar-refractivity contribution is -0.125. The summed E-state index contributed by atoms with van der Waals surface area (Å²) >= 11 is 0. The smallest absolute Gasteiger partial charge is 0.224 e. The van der Waals surface area contributed by atoms with Crippen molar-refractivity contribution >= 4 is 5.91 Å². The number of piperidine rings is 1. The molecule has 0 aromatic rings. The van der Waals surface area contributed by atoms with Gasteiger partial charge in [0.15, 0.2) is 0 Å². The minimum Gasteiger partial charge on any atom is -0.353 e. The van der Waals surface area contributed by atoms with Crippen molar-refractivity contribution in [2.75, 3.05) is 26.2 Å². The highest BCUT2D eigenvalue weighted by molar-refractivity contribution is 5.79. The van der Waals surface area contributed by atoms with Crippen molar-refractivity contribution in [1.29, 1.82) is 0 Å². The second-order valence-electron chi connectivity index (χ2n) is 5.74. The van der Waals surface area contributed by atoms with Gasteiger partial charge in [-0.15, -0.1) is 0 Å². The lowest BCUT2D eigenvalue weighted by atomic mass is 10.0. The first kappa shape index (κ1) is 11.5. The van der Waals surface area contributed by atoms with Gasteiger partial charge in [0, 0.05) is 31.7 Å². The van der Waals surface area contributed by atoms with Crippen molar-refractivity contribution in [2.24, 2.45) is 5.92 Å². The quantitative estimate of drug-likeness (QED) is 0.744. The minimum absolute atomic E-state index is 0.219. The molecule has 4 heteroatoms. The summed E-state index contributed by atoms with van der Waals surface area (Å²) in [7, 11) is 0. The van der Waals surface area contributed by atoms with E-state index in [2.05, 4.69) is 15.5 Å². The molecule has 2 heterocycles. The van der Waals surface area contributed by atoms with Gasteiger partial charge in [0.1, 0.15) is 0 Å². The molecule has 0 aromatic heterocycles. The van der Waals surface area contributed by atoms with Crippen LogP contribution in [-0.4, -0.2) is 49.1 Å². The van der Waals surface area contributed by atoms with Gasteiger partial charge in [-0.3, -0.25) is 4.79 Å². The minimum atomic E-state index is 0.219. The predicted molar refractivity (Wildman–Crippen MR) is 66.7 cm³/mol. The number of hydrogen-bond donors (Lipinski definition) is 2. The van der Waals surface area contributed by atoms with Crippen molar-refractivity contribution in [2.45, 2.75) is 44.2 Å². The number of rotatable bonds is 3. The monoisotopic (exact) mass is 237 g/mol. The van der Waals surface area contributed by atoms with E-state index in [1.807, 2.05) is 0 Å². The Bertz CT molecular complexity index is 276. The second kappa shape index (κ2) is 4.94. The lowest BCUT2D eigenvalue weighted by Crippen LogP contribution is -2.47. The summed E-state index contributed by atoms with van der Waals surface area (Å²) in [6, 6.07) is 1.31. The van der Waals surface area contributed by atoms with Crippen molar-refractivity contribution in [3.63, 3.8) is 0 Å². The van der Waals surface area contributed by atoms with Crippen LogP contribution in [0.15, 0.2) is 0 Å². The van der Waals surface area contributed by atoms with E-state index in [1.54, 1.807) is 0 Å². The molecule has 0 aromatic carbocycles. The van der Waals surface area contributed by atoms with Gasteiger partial charge in [-0.05, 0) is 38.6 Å². The highest BCUT2D eigenvalue weighted by atomic mass is 16.2. The van der Waals surface area contributed by atoms with Crippen LogP contribution in [0.5, 0.6) is 0 Å². The van der Waals surface area contributed by atoms with Gasteiger partial charge in [0.2, 0.25) is 5.91 Å². The topological polar surface area (TPSA) is 44.4 Å². The van der Waals surface area contributed by atoms with Gasteiger partial charge in [-0.1, -0.05) is 0 Å². The van der Waals surface area contributed by atoms with Crippen molar-refractivity contribution in [3.05, 3.63) is 0 Å². The fourth-order valence-corrected chi connectivity index (χ4v) is 3.05. The van der Waals surface area contributed by atoms with Crippen LogP contribution < -0.4 is 10.6 Å². The normalized spacial score (nSPS) is 31.6. The Hall–Kier alpha value is -0.610. The first-order valence-corrected chi connectivity index (χ1v) is 7.08. The Morgan fingerprint density at radius 3 is 2.47 bits per heavy atom. The third-order valence-corrected chi connectivity index (χ3v) is 4.37. The third kappa shape index (κ3) is 2.80. The van der Waals surface area contributed by atoms with E-state index >= 15 is 0 Å². The Morgan fingerprint density at radius 1 is 1.12 bits per heavy atom. The Balaban J connectivity index is 1.41. The third-order valence-electron chi connectivity index (χ3n) is 4.37. The SMILES string of the molecule is O=C(NC1CCN(C2CC2)CC1)C1CCNC1. The van der Waals surface area contributed by atoms with Crippen LogP contribution >= 0.6 is 0 Å². The maximum absolute atomic E-state index is 12.0. The molecular weight excluding hydrogens is 214 g/mol. The van der Waals surface area contributed by atoms with E-state index in [9.17, 15) is 4.79 Å². The summed E-state index contributed by atoms with van der Waals surface area (Å²) < 4.78 is 0. The van der Waals surface area contributed by atoms with Crippen LogP contribution in [-0.2, 0) is 4.79 Å². The van der Waals surface area contributed by atoms with Gasteiger partial charge in [-0.25, -0.2) is 0 Å². The number of carbonyl (C=O) groups is 1. The second-order valence-corrected chi connectivity index (χ2v) is 5.74. The molecule has 1 saturated carbocycles. The number of carbonyl (C=O) groups excluding carboxylic acids is 1. The number of likely N-dealkylation sites (tertiary alicyclic amines) is 1. The van der Waals surface area contributed by atoms with E-state index in [4.69, 9.17) is 0 Å². The number of nitrogens with zero attached hydrogens (tertiary/aromatic N) is 1. The first-order valence-electron chi connectivity index (χ1n) is 7.08. The summed E-state index contributed by atoms with van der Waals surface area (Å²) in [6.07, 6.45) is 6.08. The zero-order valence-electron chi connectivity index (χ0n) is 10.5. The number of nitrogens with one attached hydrogen (secondary N) is 2. The molecule has 3 rings (SSSR count). The summed E-state index contributed by atoms with van der Waals surface area (Å²) in [5, 5.41) is 6.49. The zero-order chi connectivity index (χ0) is 11.7. The molecule has 4 nitrogen and oxygen atoms in total. The molecule has 1 unspecified atom stereocenters. The Labute approximate surface area is 103 Å². The summed E-state index contributed by atoms with van der Waals surface area (Å²) in [6.45, 7) is 4.22. The van der Waals surface area contributed by atoms with Crippen LogP contribution in [0.4, 0.5) is 0 Å². The average molecular weight is 237 g/mol. The molecule has 1 atom stereocenters. The molecule has 0 spiro atoms. The van der Waals surface area contributed by atoms with Crippen molar-refractivity contribution in [1.82, 2.24) is 15.5 Å². The van der Waals surface area contributed by atoms with E-state index in [-0.39, 0.29) is 11.8 Å². The highest BCUT2D eigenvalue weighted by Crippen LogP contribution is 2.29. The van der Waals surface area contributed by atoms with Crippen LogP contribution in [0.2, 0.25) is 0 Å². The number of amides is 1. The largest absolute Gasteiger partial charge is 0.353 e. The lowest BCUT2D eigenvalue weighted by Gasteiger charge is -2.32. The molecule has 2 aliphatic heterocycles. The molecule has 17 heavy (non-hydrogen) atoms. The summed E-state index contributed by atoms with van der Waals surface area (Å²) in [5.74, 6) is 0.497. The van der Waals surface area contributed by atoms with E-state index in [0.717, 1.165) is 38.4 Å². The molecule has 96 valence electrons. The summed E-state index contributed by atoms with van der Waals surface area (Å²) in [5.41, 5.74) is 0. The van der Waals surface area contributed by atoms with Gasteiger partial charge in [-0.2, -0.15) is 0 Å². The molecule has 2 N–H and O–H groups in total. The molecule has 1 aliphatic carbocycles. The first-order chi connectivity index (χ1) is 8.33. The van der Waals surface area contributed by atoms with Gasteiger partial charge in [0.25, 0.3) is 0 Å². The maximum Gasteiger partial charge on any atom is 0.224 e. The molecule has 3 fully saturated rings. The molecule has 0 radical (unpaired) electrons. The van der Waals surface area contributed by atoms with Gasteiger partial charge < -0.3 is 15.5 Å². The molecule has 3 aliphatic rings. The predicted octanol–water partition coefficient (Wildman–Crippen LogP) is 0.339. The molecule has 2 saturated heterocycles. The van der Waals surface area contributed by atoms with E-state index in [0.29, 0.717) is 6.04 Å². The fourth-order valence-electron chi connectivity index (χ4n) is 3.05. The maximum atomic E-state index is 12.0.